The van der Waals surface area contributed by atoms with Crippen LogP contribution in [0.15, 0.2) is 52.2 Å². The van der Waals surface area contributed by atoms with Gasteiger partial charge < -0.3 is 20.8 Å². The van der Waals surface area contributed by atoms with E-state index in [9.17, 15) is 24.6 Å². The highest BCUT2D eigenvalue weighted by Gasteiger charge is 2.44. The van der Waals surface area contributed by atoms with Gasteiger partial charge in [-0.15, -0.1) is 0 Å². The number of H-pyrrole nitrogens is 1. The molecule has 3 rings (SSSR count). The Morgan fingerprint density at radius 3 is 2.48 bits per heavy atom. The topological polar surface area (TPSA) is 142 Å². The molecule has 2 aromatic rings. The zero-order valence-corrected chi connectivity index (χ0v) is 17.7. The van der Waals surface area contributed by atoms with E-state index in [4.69, 9.17) is 5.73 Å². The van der Waals surface area contributed by atoms with E-state index >= 15 is 0 Å². The molecule has 9 heteroatoms. The number of hydrogen-bond acceptors (Lipinski definition) is 6. The Kier molecular flexibility index (Phi) is 7.09. The smallest absolute Gasteiger partial charge is 0.328 e. The van der Waals surface area contributed by atoms with Gasteiger partial charge in [-0.2, -0.15) is 0 Å². The van der Waals surface area contributed by atoms with Crippen LogP contribution in [0.2, 0.25) is 0 Å². The number of benzene rings is 1. The monoisotopic (exact) mass is 430 g/mol. The van der Waals surface area contributed by atoms with Crippen molar-refractivity contribution in [2.75, 3.05) is 6.54 Å². The van der Waals surface area contributed by atoms with Crippen LogP contribution in [-0.2, 0) is 11.3 Å². The summed E-state index contributed by atoms with van der Waals surface area (Å²) in [6.07, 6.45) is -0.763. The van der Waals surface area contributed by atoms with Crippen LogP contribution in [0.3, 0.4) is 0 Å². The van der Waals surface area contributed by atoms with E-state index in [-0.39, 0.29) is 24.8 Å². The van der Waals surface area contributed by atoms with Crippen LogP contribution in [0.5, 0.6) is 0 Å². The quantitative estimate of drug-likeness (QED) is 0.481. The van der Waals surface area contributed by atoms with E-state index in [1.165, 1.54) is 16.8 Å². The number of aromatic nitrogens is 2. The Balaban J connectivity index is 1.83. The summed E-state index contributed by atoms with van der Waals surface area (Å²) >= 11 is 0. The molecular formula is C22H30N4O5. The second kappa shape index (κ2) is 9.59. The van der Waals surface area contributed by atoms with Crippen LogP contribution in [0.1, 0.15) is 31.9 Å². The predicted octanol–water partition coefficient (Wildman–Crippen LogP) is -0.168. The molecule has 9 nitrogen and oxygen atoms in total. The summed E-state index contributed by atoms with van der Waals surface area (Å²) < 4.78 is 1.22. The molecular weight excluding hydrogens is 400 g/mol. The average molecular weight is 431 g/mol. The number of aliphatic hydroxyl groups excluding tert-OH is 2. The SMILES string of the molecule is CC(C)[C@@H](N)C(=O)N(Cc1ccccc1)C[C@H]1C[C@H](n2ccc(=O)[nH]c2=O)[C@H](O)[C@H]1O. The molecule has 0 spiro atoms. The van der Waals surface area contributed by atoms with E-state index < -0.39 is 41.5 Å². The molecule has 1 aromatic carbocycles. The molecule has 0 aliphatic heterocycles. The predicted molar refractivity (Wildman–Crippen MR) is 115 cm³/mol. The molecule has 1 amide bonds. The zero-order chi connectivity index (χ0) is 22.7. The van der Waals surface area contributed by atoms with Gasteiger partial charge in [0.05, 0.1) is 18.2 Å². The molecule has 5 N–H and O–H groups in total. The van der Waals surface area contributed by atoms with Crippen LogP contribution in [0, 0.1) is 11.8 Å². The first-order chi connectivity index (χ1) is 14.7. The van der Waals surface area contributed by atoms with Crippen molar-refractivity contribution in [1.29, 1.82) is 0 Å². The number of hydrogen-bond donors (Lipinski definition) is 4. The van der Waals surface area contributed by atoms with E-state index in [2.05, 4.69) is 4.98 Å². The summed E-state index contributed by atoms with van der Waals surface area (Å²) in [7, 11) is 0. The van der Waals surface area contributed by atoms with E-state index in [1.807, 2.05) is 44.2 Å². The molecule has 1 aromatic heterocycles. The van der Waals surface area contributed by atoms with Crippen molar-refractivity contribution in [1.82, 2.24) is 14.5 Å². The number of nitrogens with one attached hydrogen (secondary N) is 1. The molecule has 1 aliphatic carbocycles. The number of carbonyl (C=O) groups is 1. The Hall–Kier alpha value is -2.75. The summed E-state index contributed by atoms with van der Waals surface area (Å²) in [5.74, 6) is -0.756. The van der Waals surface area contributed by atoms with Gasteiger partial charge in [-0.3, -0.25) is 19.1 Å². The van der Waals surface area contributed by atoms with E-state index in [0.717, 1.165) is 5.56 Å². The van der Waals surface area contributed by atoms with Crippen molar-refractivity contribution in [2.45, 2.75) is 51.1 Å². The largest absolute Gasteiger partial charge is 0.390 e. The first kappa shape index (κ1) is 22.9. The minimum atomic E-state index is -1.21. The number of amides is 1. The second-order valence-electron chi connectivity index (χ2n) is 8.54. The van der Waals surface area contributed by atoms with Gasteiger partial charge in [-0.1, -0.05) is 44.2 Å². The molecule has 168 valence electrons. The highest BCUT2D eigenvalue weighted by atomic mass is 16.3. The molecule has 0 unspecified atom stereocenters. The lowest BCUT2D eigenvalue weighted by molar-refractivity contribution is -0.135. The summed E-state index contributed by atoms with van der Waals surface area (Å²) in [6, 6.07) is 9.26. The van der Waals surface area contributed by atoms with Crippen molar-refractivity contribution in [3.05, 3.63) is 69.0 Å². The molecule has 0 bridgehead atoms. The number of aliphatic hydroxyl groups is 2. The third-order valence-corrected chi connectivity index (χ3v) is 5.97. The maximum Gasteiger partial charge on any atom is 0.328 e. The van der Waals surface area contributed by atoms with Crippen molar-refractivity contribution in [2.24, 2.45) is 17.6 Å². The fraction of sp³-hybridized carbons (Fsp3) is 0.500. The number of aromatic amines is 1. The van der Waals surface area contributed by atoms with Gasteiger partial charge in [0.25, 0.3) is 5.56 Å². The van der Waals surface area contributed by atoms with Gasteiger partial charge in [0, 0.05) is 31.3 Å². The Morgan fingerprint density at radius 1 is 1.19 bits per heavy atom. The minimum absolute atomic E-state index is 0.0580. The van der Waals surface area contributed by atoms with Crippen molar-refractivity contribution in [3.8, 4) is 0 Å². The molecule has 0 saturated heterocycles. The van der Waals surface area contributed by atoms with Crippen LogP contribution in [-0.4, -0.2) is 55.4 Å². The number of nitrogens with two attached hydrogens (primary N) is 1. The lowest BCUT2D eigenvalue weighted by Crippen LogP contribution is -2.48. The number of rotatable bonds is 7. The highest BCUT2D eigenvalue weighted by Crippen LogP contribution is 2.35. The molecule has 31 heavy (non-hydrogen) atoms. The summed E-state index contributed by atoms with van der Waals surface area (Å²) in [5, 5.41) is 21.3. The average Bonchev–Trinajstić information content (AvgIpc) is 3.01. The molecule has 5 atom stereocenters. The molecule has 0 radical (unpaired) electrons. The Bertz CT molecular complexity index is 1000. The van der Waals surface area contributed by atoms with Gasteiger partial charge >= 0.3 is 5.69 Å². The van der Waals surface area contributed by atoms with Gasteiger partial charge in [-0.25, -0.2) is 4.79 Å². The normalized spacial score (nSPS) is 24.3. The third kappa shape index (κ3) is 5.12. The maximum atomic E-state index is 13.1. The number of nitrogens with zero attached hydrogens (tertiary/aromatic N) is 2. The van der Waals surface area contributed by atoms with Crippen LogP contribution < -0.4 is 17.0 Å². The Morgan fingerprint density at radius 2 is 1.87 bits per heavy atom. The fourth-order valence-corrected chi connectivity index (χ4v) is 4.06. The van der Waals surface area contributed by atoms with Crippen molar-refractivity contribution in [3.63, 3.8) is 0 Å². The van der Waals surface area contributed by atoms with Crippen LogP contribution >= 0.6 is 0 Å². The summed E-state index contributed by atoms with van der Waals surface area (Å²) in [4.78, 5) is 40.3. The van der Waals surface area contributed by atoms with Crippen LogP contribution in [0.4, 0.5) is 0 Å². The van der Waals surface area contributed by atoms with Gasteiger partial charge in [0.2, 0.25) is 5.91 Å². The third-order valence-electron chi connectivity index (χ3n) is 5.97. The summed E-state index contributed by atoms with van der Waals surface area (Å²) in [6.45, 7) is 4.25. The van der Waals surface area contributed by atoms with Crippen molar-refractivity contribution < 1.29 is 15.0 Å². The minimum Gasteiger partial charge on any atom is -0.390 e. The van der Waals surface area contributed by atoms with Gasteiger partial charge in [0.1, 0.15) is 6.10 Å². The lowest BCUT2D eigenvalue weighted by atomic mass is 10.0. The van der Waals surface area contributed by atoms with Gasteiger partial charge in [0.15, 0.2) is 0 Å². The molecule has 1 aliphatic rings. The maximum absolute atomic E-state index is 13.1. The fourth-order valence-electron chi connectivity index (χ4n) is 4.06. The summed E-state index contributed by atoms with van der Waals surface area (Å²) in [5.41, 5.74) is 5.86. The highest BCUT2D eigenvalue weighted by molar-refractivity contribution is 5.82. The van der Waals surface area contributed by atoms with Gasteiger partial charge in [-0.05, 0) is 17.9 Å². The van der Waals surface area contributed by atoms with E-state index in [1.54, 1.807) is 4.90 Å². The second-order valence-corrected chi connectivity index (χ2v) is 8.54. The standard InChI is InChI=1S/C22H30N4O5/c1-13(2)18(23)21(30)25(11-14-6-4-3-5-7-14)12-15-10-16(20(29)19(15)28)26-9-8-17(27)24-22(26)31/h3-9,13,15-16,18-20,28-29H,10-12,23H2,1-2H3,(H,24,27,31)/t15-,16+,18-,19+,20+/m1/s1. The van der Waals surface area contributed by atoms with Crippen LogP contribution in [0.25, 0.3) is 0 Å². The first-order valence-corrected chi connectivity index (χ1v) is 10.4. The van der Waals surface area contributed by atoms with Crippen molar-refractivity contribution >= 4 is 5.91 Å². The lowest BCUT2D eigenvalue weighted by Gasteiger charge is -2.30. The Labute approximate surface area is 180 Å². The zero-order valence-electron chi connectivity index (χ0n) is 17.7. The number of carbonyl (C=O) groups excluding carboxylic acids is 1. The van der Waals surface area contributed by atoms with E-state index in [0.29, 0.717) is 6.54 Å². The molecule has 1 saturated carbocycles. The molecule has 1 fully saturated rings. The molecule has 1 heterocycles. The first-order valence-electron chi connectivity index (χ1n) is 10.4.